The molecule has 0 atom stereocenters. The molecule has 128 valence electrons. The molecular formula is C12H18N4O5S2. The highest BCUT2D eigenvalue weighted by Crippen LogP contribution is 2.19. The molecule has 4 N–H and O–H groups in total. The minimum Gasteiger partial charge on any atom is -0.369 e. The maximum Gasteiger partial charge on any atom is 0.243 e. The maximum atomic E-state index is 12.5. The number of primary amides is 1. The Bertz CT molecular complexity index is 781. The van der Waals surface area contributed by atoms with Gasteiger partial charge in [0.15, 0.2) is 0 Å². The van der Waals surface area contributed by atoms with E-state index in [0.29, 0.717) is 13.1 Å². The number of hydrogen-bond donors (Lipinski definition) is 2. The van der Waals surface area contributed by atoms with Crippen LogP contribution in [0.15, 0.2) is 34.1 Å². The molecule has 0 aromatic heterocycles. The van der Waals surface area contributed by atoms with Crippen molar-refractivity contribution in [1.29, 1.82) is 0 Å². The van der Waals surface area contributed by atoms with Crippen molar-refractivity contribution < 1.29 is 21.6 Å². The molecule has 0 aliphatic carbocycles. The minimum atomic E-state index is -3.87. The first kappa shape index (κ1) is 17.8. The van der Waals surface area contributed by atoms with Crippen LogP contribution < -0.4 is 10.9 Å². The standard InChI is InChI=1S/C12H18N4O5S2/c13-12(17)9-15-5-7-16(8-6-15)23(20,21)11-3-1-10(2-4-11)22(14,18)19/h1-4H,5-9H2,(H2,13,17)(H2,14,18,19). The molecule has 0 unspecified atom stereocenters. The number of nitrogens with zero attached hydrogens (tertiary/aromatic N) is 2. The first-order valence-corrected chi connectivity index (χ1v) is 9.73. The Morgan fingerprint density at radius 2 is 1.43 bits per heavy atom. The fourth-order valence-corrected chi connectivity index (χ4v) is 4.24. The Kier molecular flexibility index (Phi) is 5.06. The second-order valence-corrected chi connectivity index (χ2v) is 8.66. The van der Waals surface area contributed by atoms with Crippen molar-refractivity contribution in [3.05, 3.63) is 24.3 Å². The number of rotatable bonds is 5. The number of sulfonamides is 2. The Balaban J connectivity index is 2.12. The van der Waals surface area contributed by atoms with Gasteiger partial charge in [-0.15, -0.1) is 0 Å². The molecule has 9 nitrogen and oxygen atoms in total. The third-order valence-electron chi connectivity index (χ3n) is 3.50. The number of benzene rings is 1. The minimum absolute atomic E-state index is 0.00625. The van der Waals surface area contributed by atoms with Gasteiger partial charge in [0.05, 0.1) is 16.3 Å². The van der Waals surface area contributed by atoms with E-state index >= 15 is 0 Å². The van der Waals surface area contributed by atoms with Gasteiger partial charge in [0.2, 0.25) is 26.0 Å². The summed E-state index contributed by atoms with van der Waals surface area (Å²) in [6.07, 6.45) is 0. The normalized spacial score (nSPS) is 18.0. The average Bonchev–Trinajstić information content (AvgIpc) is 2.46. The topological polar surface area (TPSA) is 144 Å². The van der Waals surface area contributed by atoms with Gasteiger partial charge in [0.1, 0.15) is 0 Å². The van der Waals surface area contributed by atoms with E-state index < -0.39 is 26.0 Å². The largest absolute Gasteiger partial charge is 0.369 e. The number of piperazine rings is 1. The van der Waals surface area contributed by atoms with Gasteiger partial charge >= 0.3 is 0 Å². The molecule has 0 radical (unpaired) electrons. The predicted molar refractivity (Wildman–Crippen MR) is 82.2 cm³/mol. The summed E-state index contributed by atoms with van der Waals surface area (Å²) in [7, 11) is -7.59. The van der Waals surface area contributed by atoms with Crippen LogP contribution in [0.4, 0.5) is 0 Å². The summed E-state index contributed by atoms with van der Waals surface area (Å²) in [5.41, 5.74) is 5.11. The lowest BCUT2D eigenvalue weighted by molar-refractivity contribution is -0.119. The van der Waals surface area contributed by atoms with Gasteiger partial charge in [0, 0.05) is 26.2 Å². The highest BCUT2D eigenvalue weighted by molar-refractivity contribution is 7.89. The number of nitrogens with two attached hydrogens (primary N) is 2. The van der Waals surface area contributed by atoms with Gasteiger partial charge < -0.3 is 5.73 Å². The van der Waals surface area contributed by atoms with Crippen molar-refractivity contribution >= 4 is 26.0 Å². The zero-order valence-electron chi connectivity index (χ0n) is 12.3. The van der Waals surface area contributed by atoms with Crippen LogP contribution >= 0.6 is 0 Å². The Hall–Kier alpha value is -1.53. The summed E-state index contributed by atoms with van der Waals surface area (Å²) in [4.78, 5) is 12.5. The molecule has 23 heavy (non-hydrogen) atoms. The SMILES string of the molecule is NC(=O)CN1CCN(S(=O)(=O)c2ccc(S(N)(=O)=O)cc2)CC1. The van der Waals surface area contributed by atoms with E-state index in [1.165, 1.54) is 16.4 Å². The van der Waals surface area contributed by atoms with E-state index in [0.717, 1.165) is 12.1 Å². The lowest BCUT2D eigenvalue weighted by atomic mass is 10.3. The van der Waals surface area contributed by atoms with E-state index in [9.17, 15) is 21.6 Å². The third kappa shape index (κ3) is 4.26. The first-order valence-electron chi connectivity index (χ1n) is 6.74. The molecule has 1 aromatic carbocycles. The number of hydrogen-bond acceptors (Lipinski definition) is 6. The van der Waals surface area contributed by atoms with Crippen molar-refractivity contribution in [1.82, 2.24) is 9.21 Å². The van der Waals surface area contributed by atoms with Crippen LogP contribution in [0, 0.1) is 0 Å². The number of carbonyl (C=O) groups excluding carboxylic acids is 1. The predicted octanol–water partition coefficient (Wildman–Crippen LogP) is -1.87. The summed E-state index contributed by atoms with van der Waals surface area (Å²) >= 11 is 0. The van der Waals surface area contributed by atoms with Crippen LogP contribution in [0.1, 0.15) is 0 Å². The summed E-state index contributed by atoms with van der Waals surface area (Å²) < 4.78 is 48.7. The number of amides is 1. The quantitative estimate of drug-likeness (QED) is 0.628. The second kappa shape index (κ2) is 6.53. The van der Waals surface area contributed by atoms with E-state index in [4.69, 9.17) is 10.9 Å². The maximum absolute atomic E-state index is 12.5. The summed E-state index contributed by atoms with van der Waals surface area (Å²) in [5.74, 6) is -0.458. The Morgan fingerprint density at radius 1 is 0.957 bits per heavy atom. The van der Waals surface area contributed by atoms with Crippen LogP contribution in [-0.4, -0.2) is 64.7 Å². The second-order valence-electron chi connectivity index (χ2n) is 5.16. The van der Waals surface area contributed by atoms with Crippen LogP contribution in [0.2, 0.25) is 0 Å². The Labute approximate surface area is 134 Å². The molecule has 0 saturated carbocycles. The van der Waals surface area contributed by atoms with Gasteiger partial charge in [-0.2, -0.15) is 4.31 Å². The van der Waals surface area contributed by atoms with Gasteiger partial charge in [-0.05, 0) is 24.3 Å². The average molecular weight is 362 g/mol. The molecule has 1 fully saturated rings. The van der Waals surface area contributed by atoms with Crippen molar-refractivity contribution in [2.75, 3.05) is 32.7 Å². The van der Waals surface area contributed by atoms with E-state index in [1.807, 2.05) is 0 Å². The zero-order chi connectivity index (χ0) is 17.3. The molecule has 1 heterocycles. The smallest absolute Gasteiger partial charge is 0.243 e. The molecule has 1 aliphatic heterocycles. The van der Waals surface area contributed by atoms with Crippen LogP contribution in [0.5, 0.6) is 0 Å². The summed E-state index contributed by atoms with van der Waals surface area (Å²) in [6, 6.07) is 4.74. The fourth-order valence-electron chi connectivity index (χ4n) is 2.30. The lowest BCUT2D eigenvalue weighted by Gasteiger charge is -2.33. The molecular weight excluding hydrogens is 344 g/mol. The highest BCUT2D eigenvalue weighted by Gasteiger charge is 2.29. The monoisotopic (exact) mass is 362 g/mol. The third-order valence-corrected chi connectivity index (χ3v) is 6.34. The van der Waals surface area contributed by atoms with Gasteiger partial charge in [-0.25, -0.2) is 22.0 Å². The van der Waals surface area contributed by atoms with Crippen LogP contribution in [0.25, 0.3) is 0 Å². The van der Waals surface area contributed by atoms with Crippen LogP contribution in [-0.2, 0) is 24.8 Å². The van der Waals surface area contributed by atoms with Crippen LogP contribution in [0.3, 0.4) is 0 Å². The van der Waals surface area contributed by atoms with Crippen molar-refractivity contribution in [3.63, 3.8) is 0 Å². The zero-order valence-corrected chi connectivity index (χ0v) is 13.9. The van der Waals surface area contributed by atoms with E-state index in [-0.39, 0.29) is 29.4 Å². The molecule has 1 amide bonds. The molecule has 2 rings (SSSR count). The molecule has 1 aliphatic rings. The first-order chi connectivity index (χ1) is 10.6. The van der Waals surface area contributed by atoms with Gasteiger partial charge in [-0.3, -0.25) is 9.69 Å². The molecule has 11 heteroatoms. The molecule has 0 spiro atoms. The number of carbonyl (C=O) groups is 1. The molecule has 1 aromatic rings. The lowest BCUT2D eigenvalue weighted by Crippen LogP contribution is -2.50. The van der Waals surface area contributed by atoms with E-state index in [1.54, 1.807) is 4.90 Å². The van der Waals surface area contributed by atoms with Crippen molar-refractivity contribution in [3.8, 4) is 0 Å². The highest BCUT2D eigenvalue weighted by atomic mass is 32.2. The fraction of sp³-hybridized carbons (Fsp3) is 0.417. The van der Waals surface area contributed by atoms with Crippen molar-refractivity contribution in [2.45, 2.75) is 9.79 Å². The molecule has 0 bridgehead atoms. The number of primary sulfonamides is 1. The summed E-state index contributed by atoms with van der Waals surface area (Å²) in [5, 5.41) is 4.98. The van der Waals surface area contributed by atoms with Crippen molar-refractivity contribution in [2.24, 2.45) is 10.9 Å². The summed E-state index contributed by atoms with van der Waals surface area (Å²) in [6.45, 7) is 1.35. The Morgan fingerprint density at radius 3 is 1.87 bits per heavy atom. The van der Waals surface area contributed by atoms with Gasteiger partial charge in [0.25, 0.3) is 0 Å². The van der Waals surface area contributed by atoms with E-state index in [2.05, 4.69) is 0 Å². The van der Waals surface area contributed by atoms with Gasteiger partial charge in [-0.1, -0.05) is 0 Å². The molecule has 1 saturated heterocycles.